The van der Waals surface area contributed by atoms with Crippen LogP contribution in [0.3, 0.4) is 0 Å². The summed E-state index contributed by atoms with van der Waals surface area (Å²) in [5.74, 6) is 0.0318. The smallest absolute Gasteiger partial charge is 0.217 e. The van der Waals surface area contributed by atoms with Gasteiger partial charge in [-0.3, -0.25) is 4.79 Å². The van der Waals surface area contributed by atoms with Gasteiger partial charge in [-0.05, 0) is 23.8 Å². The molecule has 0 aliphatic rings. The van der Waals surface area contributed by atoms with Crippen LogP contribution in [0.1, 0.15) is 23.6 Å². The van der Waals surface area contributed by atoms with Crippen LogP contribution in [0.15, 0.2) is 83.9 Å². The maximum absolute atomic E-state index is 11.1. The summed E-state index contributed by atoms with van der Waals surface area (Å²) >= 11 is 0. The van der Waals surface area contributed by atoms with Gasteiger partial charge in [-0.2, -0.15) is 0 Å². The number of amides is 1. The molecule has 0 bridgehead atoms. The first-order chi connectivity index (χ1) is 14.1. The van der Waals surface area contributed by atoms with Gasteiger partial charge in [0.25, 0.3) is 0 Å². The van der Waals surface area contributed by atoms with Gasteiger partial charge in [-0.15, -0.1) is 0 Å². The fraction of sp³-hybridized carbons (Fsp3) is 0.0833. The van der Waals surface area contributed by atoms with E-state index in [0.717, 1.165) is 27.7 Å². The summed E-state index contributed by atoms with van der Waals surface area (Å²) in [4.78, 5) is 19.0. The Morgan fingerprint density at radius 1 is 0.966 bits per heavy atom. The minimum atomic E-state index is -0.0618. The van der Waals surface area contributed by atoms with E-state index in [1.165, 1.54) is 6.92 Å². The molecule has 5 heteroatoms. The second-order valence-electron chi connectivity index (χ2n) is 6.80. The van der Waals surface area contributed by atoms with E-state index in [1.54, 1.807) is 0 Å². The minimum absolute atomic E-state index is 0.0618. The number of aromatic hydroxyl groups is 1. The number of carbonyl (C=O) groups excluding carboxylic acids is 1. The maximum Gasteiger partial charge on any atom is 0.217 e. The summed E-state index contributed by atoms with van der Waals surface area (Å²) in [6.45, 7) is 1.98. The Hall–Kier alpha value is -3.86. The van der Waals surface area contributed by atoms with Gasteiger partial charge in [0, 0.05) is 29.9 Å². The molecule has 0 spiro atoms. The molecule has 4 rings (SSSR count). The molecular weight excluding hydrogens is 362 g/mol. The predicted octanol–water partition coefficient (Wildman–Crippen LogP) is 4.68. The van der Waals surface area contributed by atoms with Crippen LogP contribution in [-0.2, 0) is 11.3 Å². The third-order valence-corrected chi connectivity index (χ3v) is 4.69. The lowest BCUT2D eigenvalue weighted by atomic mass is 10.0. The van der Waals surface area contributed by atoms with Crippen molar-refractivity contribution in [3.05, 3.63) is 95.6 Å². The number of para-hydroxylation sites is 1. The number of benzene rings is 3. The molecule has 0 aliphatic carbocycles. The van der Waals surface area contributed by atoms with E-state index in [-0.39, 0.29) is 11.8 Å². The normalized spacial score (nSPS) is 11.6. The number of hydrogen-bond acceptors (Lipinski definition) is 3. The zero-order valence-corrected chi connectivity index (χ0v) is 16.0. The topological polar surface area (TPSA) is 77.5 Å². The van der Waals surface area contributed by atoms with E-state index >= 15 is 0 Å². The zero-order chi connectivity index (χ0) is 20.2. The third kappa shape index (κ3) is 4.04. The average Bonchev–Trinajstić information content (AvgIpc) is 3.07. The van der Waals surface area contributed by atoms with Crippen molar-refractivity contribution < 1.29 is 9.90 Å². The van der Waals surface area contributed by atoms with Crippen molar-refractivity contribution >= 4 is 28.2 Å². The molecule has 1 amide bonds. The molecule has 29 heavy (non-hydrogen) atoms. The highest BCUT2D eigenvalue weighted by Crippen LogP contribution is 2.31. The van der Waals surface area contributed by atoms with Crippen LogP contribution < -0.4 is 5.32 Å². The van der Waals surface area contributed by atoms with Crippen molar-refractivity contribution in [2.45, 2.75) is 13.5 Å². The number of aliphatic imine (C=N–C) groups is 1. The minimum Gasteiger partial charge on any atom is -0.494 e. The monoisotopic (exact) mass is 383 g/mol. The van der Waals surface area contributed by atoms with Gasteiger partial charge in [-0.25, -0.2) is 4.99 Å². The van der Waals surface area contributed by atoms with Gasteiger partial charge < -0.3 is 15.4 Å². The standard InChI is InChI=1S/C24H21N3O2/c1-16(28)25-15-17-11-13-19(14-12-17)26-23(18-7-3-2-4-8-18)22-20-9-5-6-10-21(20)27-24(22)29/h2-14,27,29H,15H2,1H3,(H,25,28). The summed E-state index contributed by atoms with van der Waals surface area (Å²) < 4.78 is 0. The third-order valence-electron chi connectivity index (χ3n) is 4.69. The molecule has 4 aromatic rings. The van der Waals surface area contributed by atoms with E-state index in [9.17, 15) is 9.90 Å². The van der Waals surface area contributed by atoms with Gasteiger partial charge in [0.15, 0.2) is 5.88 Å². The quantitative estimate of drug-likeness (QED) is 0.438. The van der Waals surface area contributed by atoms with Gasteiger partial charge in [0.1, 0.15) is 0 Å². The van der Waals surface area contributed by atoms with Crippen LogP contribution in [0, 0.1) is 0 Å². The Kier molecular flexibility index (Phi) is 5.12. The number of aromatic amines is 1. The largest absolute Gasteiger partial charge is 0.494 e. The summed E-state index contributed by atoms with van der Waals surface area (Å²) in [5.41, 5.74) is 4.89. The Morgan fingerprint density at radius 2 is 1.66 bits per heavy atom. The van der Waals surface area contributed by atoms with Crippen LogP contribution in [0.25, 0.3) is 10.9 Å². The first-order valence-corrected chi connectivity index (χ1v) is 9.39. The van der Waals surface area contributed by atoms with Gasteiger partial charge in [-0.1, -0.05) is 60.7 Å². The molecule has 0 aliphatic heterocycles. The van der Waals surface area contributed by atoms with E-state index in [1.807, 2.05) is 78.9 Å². The number of nitrogens with zero attached hydrogens (tertiary/aromatic N) is 1. The van der Waals surface area contributed by atoms with Crippen molar-refractivity contribution in [2.24, 2.45) is 4.99 Å². The molecule has 144 valence electrons. The fourth-order valence-electron chi connectivity index (χ4n) is 3.27. The van der Waals surface area contributed by atoms with E-state index in [4.69, 9.17) is 4.99 Å². The second kappa shape index (κ2) is 8.02. The van der Waals surface area contributed by atoms with Crippen LogP contribution in [0.2, 0.25) is 0 Å². The van der Waals surface area contributed by atoms with Crippen molar-refractivity contribution in [2.75, 3.05) is 0 Å². The van der Waals surface area contributed by atoms with Crippen molar-refractivity contribution in [1.29, 1.82) is 0 Å². The number of carbonyl (C=O) groups is 1. The van der Waals surface area contributed by atoms with Crippen molar-refractivity contribution in [3.8, 4) is 5.88 Å². The molecule has 0 unspecified atom stereocenters. The average molecular weight is 383 g/mol. The molecule has 3 aromatic carbocycles. The first kappa shape index (κ1) is 18.5. The Morgan fingerprint density at radius 3 is 2.38 bits per heavy atom. The second-order valence-corrected chi connectivity index (χ2v) is 6.80. The molecular formula is C24H21N3O2. The van der Waals surface area contributed by atoms with Crippen molar-refractivity contribution in [1.82, 2.24) is 10.3 Å². The Bertz CT molecular complexity index is 1180. The lowest BCUT2D eigenvalue weighted by molar-refractivity contribution is -0.119. The summed E-state index contributed by atoms with van der Waals surface area (Å²) in [7, 11) is 0. The van der Waals surface area contributed by atoms with Crippen LogP contribution >= 0.6 is 0 Å². The molecule has 1 aromatic heterocycles. The molecule has 0 atom stereocenters. The zero-order valence-electron chi connectivity index (χ0n) is 16.0. The number of H-pyrrole nitrogens is 1. The molecule has 1 heterocycles. The maximum atomic E-state index is 11.1. The number of fused-ring (bicyclic) bond motifs is 1. The SMILES string of the molecule is CC(=O)NCc1ccc(N=C(c2ccccc2)c2c(O)[nH]c3ccccc23)cc1. The van der Waals surface area contributed by atoms with E-state index in [0.29, 0.717) is 17.8 Å². The number of nitrogens with one attached hydrogen (secondary N) is 2. The predicted molar refractivity (Wildman–Crippen MR) is 116 cm³/mol. The highest BCUT2D eigenvalue weighted by Gasteiger charge is 2.18. The van der Waals surface area contributed by atoms with E-state index in [2.05, 4.69) is 10.3 Å². The van der Waals surface area contributed by atoms with Crippen LogP contribution in [0.5, 0.6) is 5.88 Å². The lowest BCUT2D eigenvalue weighted by Crippen LogP contribution is -2.18. The number of hydrogen-bond donors (Lipinski definition) is 3. The van der Waals surface area contributed by atoms with Crippen molar-refractivity contribution in [3.63, 3.8) is 0 Å². The fourth-order valence-corrected chi connectivity index (χ4v) is 3.27. The molecule has 3 N–H and O–H groups in total. The number of aromatic nitrogens is 1. The number of rotatable bonds is 5. The highest BCUT2D eigenvalue weighted by molar-refractivity contribution is 6.21. The Balaban J connectivity index is 1.80. The summed E-state index contributed by atoms with van der Waals surface area (Å²) in [5, 5.41) is 14.3. The van der Waals surface area contributed by atoms with Crippen LogP contribution in [-0.4, -0.2) is 21.7 Å². The van der Waals surface area contributed by atoms with Gasteiger partial charge in [0.05, 0.1) is 17.0 Å². The molecule has 0 radical (unpaired) electrons. The Labute approximate surface area is 168 Å². The van der Waals surface area contributed by atoms with Gasteiger partial charge in [0.2, 0.25) is 5.91 Å². The van der Waals surface area contributed by atoms with E-state index < -0.39 is 0 Å². The summed E-state index contributed by atoms with van der Waals surface area (Å²) in [6, 6.07) is 25.3. The van der Waals surface area contributed by atoms with Gasteiger partial charge >= 0.3 is 0 Å². The first-order valence-electron chi connectivity index (χ1n) is 9.39. The highest BCUT2D eigenvalue weighted by atomic mass is 16.3. The molecule has 5 nitrogen and oxygen atoms in total. The molecule has 0 fully saturated rings. The molecule has 0 saturated heterocycles. The molecule has 0 saturated carbocycles. The summed E-state index contributed by atoms with van der Waals surface area (Å²) in [6.07, 6.45) is 0. The van der Waals surface area contributed by atoms with Crippen LogP contribution in [0.4, 0.5) is 5.69 Å². The lowest BCUT2D eigenvalue weighted by Gasteiger charge is -2.08.